The summed E-state index contributed by atoms with van der Waals surface area (Å²) in [5.74, 6) is 0.908. The van der Waals surface area contributed by atoms with Crippen LogP contribution in [0.3, 0.4) is 0 Å². The fourth-order valence-electron chi connectivity index (χ4n) is 3.48. The highest BCUT2D eigenvalue weighted by Gasteiger charge is 2.41. The van der Waals surface area contributed by atoms with Gasteiger partial charge in [0.1, 0.15) is 5.75 Å². The Bertz CT molecular complexity index is 696. The Balaban J connectivity index is 2.00. The van der Waals surface area contributed by atoms with Gasteiger partial charge < -0.3 is 4.74 Å². The zero-order valence-electron chi connectivity index (χ0n) is 13.0. The van der Waals surface area contributed by atoms with E-state index in [9.17, 15) is 9.59 Å². The number of ketones is 2. The zero-order chi connectivity index (χ0) is 15.7. The Kier molecular flexibility index (Phi) is 3.73. The van der Waals surface area contributed by atoms with Crippen LogP contribution in [0.5, 0.6) is 5.75 Å². The van der Waals surface area contributed by atoms with Crippen LogP contribution in [0, 0.1) is 5.41 Å². The predicted octanol–water partition coefficient (Wildman–Crippen LogP) is 3.89. The highest BCUT2D eigenvalue weighted by Crippen LogP contribution is 2.48. The lowest BCUT2D eigenvalue weighted by atomic mass is 9.63. The smallest absolute Gasteiger partial charge is 0.189 e. The average molecular weight is 296 g/mol. The molecular formula is C19H20O3. The van der Waals surface area contributed by atoms with Crippen LogP contribution in [0.15, 0.2) is 47.6 Å². The van der Waals surface area contributed by atoms with E-state index in [4.69, 9.17) is 4.74 Å². The van der Waals surface area contributed by atoms with Gasteiger partial charge in [0.05, 0.1) is 7.11 Å². The quantitative estimate of drug-likeness (QED) is 0.795. The SMILES string of the molecule is COc1cccc(C(=O)C2=CCCC3=CC(=O)CC[C@@]32C)c1. The minimum atomic E-state index is -0.299. The Morgan fingerprint density at radius 3 is 2.86 bits per heavy atom. The molecule has 114 valence electrons. The molecule has 3 heteroatoms. The van der Waals surface area contributed by atoms with Crippen LogP contribution in [-0.4, -0.2) is 18.7 Å². The van der Waals surface area contributed by atoms with E-state index >= 15 is 0 Å². The molecule has 0 spiro atoms. The molecule has 22 heavy (non-hydrogen) atoms. The number of benzene rings is 1. The highest BCUT2D eigenvalue weighted by molar-refractivity contribution is 6.10. The second-order valence-electron chi connectivity index (χ2n) is 6.19. The van der Waals surface area contributed by atoms with E-state index in [-0.39, 0.29) is 17.0 Å². The monoisotopic (exact) mass is 296 g/mol. The normalized spacial score (nSPS) is 24.2. The van der Waals surface area contributed by atoms with Gasteiger partial charge in [-0.2, -0.15) is 0 Å². The summed E-state index contributed by atoms with van der Waals surface area (Å²) < 4.78 is 5.21. The van der Waals surface area contributed by atoms with E-state index in [1.165, 1.54) is 0 Å². The fraction of sp³-hybridized carbons (Fsp3) is 0.368. The fourth-order valence-corrected chi connectivity index (χ4v) is 3.48. The van der Waals surface area contributed by atoms with E-state index in [0.717, 1.165) is 30.4 Å². The number of Topliss-reactive ketones (excluding diaryl/α,β-unsaturated/α-hetero) is 1. The summed E-state index contributed by atoms with van der Waals surface area (Å²) in [7, 11) is 1.60. The van der Waals surface area contributed by atoms with E-state index < -0.39 is 0 Å². The maximum absolute atomic E-state index is 13.0. The molecule has 2 aliphatic rings. The van der Waals surface area contributed by atoms with Crippen molar-refractivity contribution in [1.82, 2.24) is 0 Å². The van der Waals surface area contributed by atoms with E-state index in [1.807, 2.05) is 18.2 Å². The molecule has 0 saturated heterocycles. The summed E-state index contributed by atoms with van der Waals surface area (Å²) >= 11 is 0. The Hall–Kier alpha value is -2.16. The van der Waals surface area contributed by atoms with Crippen LogP contribution >= 0.6 is 0 Å². The molecule has 1 aromatic rings. The van der Waals surface area contributed by atoms with Gasteiger partial charge in [-0.3, -0.25) is 9.59 Å². The lowest BCUT2D eigenvalue weighted by Gasteiger charge is -2.39. The van der Waals surface area contributed by atoms with Crippen molar-refractivity contribution in [3.8, 4) is 5.75 Å². The number of carbonyl (C=O) groups is 2. The highest BCUT2D eigenvalue weighted by atomic mass is 16.5. The van der Waals surface area contributed by atoms with Crippen LogP contribution in [0.4, 0.5) is 0 Å². The Morgan fingerprint density at radius 2 is 2.09 bits per heavy atom. The van der Waals surface area contributed by atoms with Crippen molar-refractivity contribution in [1.29, 1.82) is 0 Å². The zero-order valence-corrected chi connectivity index (χ0v) is 13.0. The number of allylic oxidation sites excluding steroid dienone is 4. The van der Waals surface area contributed by atoms with Gasteiger partial charge in [-0.25, -0.2) is 0 Å². The van der Waals surface area contributed by atoms with Gasteiger partial charge >= 0.3 is 0 Å². The van der Waals surface area contributed by atoms with Crippen LogP contribution in [0.25, 0.3) is 0 Å². The maximum atomic E-state index is 13.0. The lowest BCUT2D eigenvalue weighted by Crippen LogP contribution is -2.33. The summed E-state index contributed by atoms with van der Waals surface area (Å²) in [5.41, 5.74) is 2.28. The second kappa shape index (κ2) is 5.56. The molecule has 0 saturated carbocycles. The molecule has 0 fully saturated rings. The molecule has 0 heterocycles. The molecule has 0 aliphatic heterocycles. The third-order valence-corrected chi connectivity index (χ3v) is 4.85. The molecule has 0 aromatic heterocycles. The summed E-state index contributed by atoms with van der Waals surface area (Å²) in [6.45, 7) is 2.09. The van der Waals surface area contributed by atoms with Gasteiger partial charge in [0.25, 0.3) is 0 Å². The van der Waals surface area contributed by atoms with Crippen LogP contribution in [0.1, 0.15) is 43.0 Å². The molecule has 1 aromatic carbocycles. The van der Waals surface area contributed by atoms with Gasteiger partial charge in [0, 0.05) is 23.0 Å². The third kappa shape index (κ3) is 2.41. The Morgan fingerprint density at radius 1 is 1.27 bits per heavy atom. The van der Waals surface area contributed by atoms with Crippen molar-refractivity contribution < 1.29 is 14.3 Å². The van der Waals surface area contributed by atoms with Crippen molar-refractivity contribution in [2.24, 2.45) is 5.41 Å². The minimum absolute atomic E-state index is 0.0429. The van der Waals surface area contributed by atoms with Crippen LogP contribution in [0.2, 0.25) is 0 Å². The van der Waals surface area contributed by atoms with Gasteiger partial charge in [-0.15, -0.1) is 0 Å². The lowest BCUT2D eigenvalue weighted by molar-refractivity contribution is -0.115. The van der Waals surface area contributed by atoms with E-state index in [2.05, 4.69) is 13.0 Å². The van der Waals surface area contributed by atoms with Crippen LogP contribution in [-0.2, 0) is 4.79 Å². The molecular weight excluding hydrogens is 276 g/mol. The summed E-state index contributed by atoms with van der Waals surface area (Å²) in [5, 5.41) is 0. The maximum Gasteiger partial charge on any atom is 0.189 e. The molecule has 0 N–H and O–H groups in total. The Labute approximate surface area is 130 Å². The van der Waals surface area contributed by atoms with Crippen molar-refractivity contribution in [2.75, 3.05) is 7.11 Å². The average Bonchev–Trinajstić information content (AvgIpc) is 2.54. The van der Waals surface area contributed by atoms with Crippen molar-refractivity contribution in [3.05, 3.63) is 53.1 Å². The second-order valence-corrected chi connectivity index (χ2v) is 6.19. The van der Waals surface area contributed by atoms with Gasteiger partial charge in [0.2, 0.25) is 0 Å². The molecule has 0 unspecified atom stereocenters. The number of hydrogen-bond donors (Lipinski definition) is 0. The van der Waals surface area contributed by atoms with Crippen molar-refractivity contribution >= 4 is 11.6 Å². The number of methoxy groups -OCH3 is 1. The minimum Gasteiger partial charge on any atom is -0.497 e. The predicted molar refractivity (Wildman–Crippen MR) is 85.1 cm³/mol. The molecule has 0 radical (unpaired) electrons. The molecule has 0 amide bonds. The van der Waals surface area contributed by atoms with Gasteiger partial charge in [0.15, 0.2) is 11.6 Å². The van der Waals surface area contributed by atoms with Gasteiger partial charge in [-0.1, -0.05) is 30.7 Å². The van der Waals surface area contributed by atoms with E-state index in [1.54, 1.807) is 19.3 Å². The molecule has 1 atom stereocenters. The molecule has 0 bridgehead atoms. The number of carbonyl (C=O) groups excluding carboxylic acids is 2. The number of rotatable bonds is 3. The molecule has 3 nitrogen and oxygen atoms in total. The number of ether oxygens (including phenoxy) is 1. The number of fused-ring (bicyclic) bond motifs is 1. The third-order valence-electron chi connectivity index (χ3n) is 4.85. The largest absolute Gasteiger partial charge is 0.497 e. The first-order chi connectivity index (χ1) is 10.5. The first-order valence-electron chi connectivity index (χ1n) is 7.68. The summed E-state index contributed by atoms with van der Waals surface area (Å²) in [4.78, 5) is 24.7. The van der Waals surface area contributed by atoms with Crippen molar-refractivity contribution in [2.45, 2.75) is 32.6 Å². The van der Waals surface area contributed by atoms with Crippen molar-refractivity contribution in [3.63, 3.8) is 0 Å². The van der Waals surface area contributed by atoms with E-state index in [0.29, 0.717) is 17.7 Å². The summed E-state index contributed by atoms with van der Waals surface area (Å²) in [6, 6.07) is 7.26. The summed E-state index contributed by atoms with van der Waals surface area (Å²) in [6.07, 6.45) is 6.74. The topological polar surface area (TPSA) is 43.4 Å². The molecule has 2 aliphatic carbocycles. The van der Waals surface area contributed by atoms with Gasteiger partial charge in [-0.05, 0) is 37.5 Å². The first kappa shape index (κ1) is 14.8. The first-order valence-corrected chi connectivity index (χ1v) is 7.68. The number of hydrogen-bond acceptors (Lipinski definition) is 3. The van der Waals surface area contributed by atoms with Crippen LogP contribution < -0.4 is 4.74 Å². The standard InChI is InChI=1S/C19H20O3/c1-19-10-9-15(20)12-14(19)6-4-8-17(19)18(21)13-5-3-7-16(11-13)22-2/h3,5,7-8,11-12H,4,6,9-10H2,1-2H3/t19-/m0/s1. The molecule has 3 rings (SSSR count).